The molecule has 0 atom stereocenters. The summed E-state index contributed by atoms with van der Waals surface area (Å²) in [6.07, 6.45) is 0. The Hall–Kier alpha value is -2.58. The second-order valence-electron chi connectivity index (χ2n) is 5.49. The van der Waals surface area contributed by atoms with Gasteiger partial charge in [0.1, 0.15) is 5.00 Å². The predicted molar refractivity (Wildman–Crippen MR) is 96.2 cm³/mol. The summed E-state index contributed by atoms with van der Waals surface area (Å²) >= 11 is 1.85. The number of hydrogen-bond donors (Lipinski definition) is 0. The van der Waals surface area contributed by atoms with Gasteiger partial charge < -0.3 is 4.57 Å². The molecule has 2 aromatic heterocycles. The Labute approximate surface area is 132 Å². The lowest BCUT2D eigenvalue weighted by molar-refractivity contribution is 1.22. The summed E-state index contributed by atoms with van der Waals surface area (Å²) in [5.74, 6) is 0. The highest BCUT2D eigenvalue weighted by Gasteiger charge is 2.12. The molecule has 5 aromatic rings. The molecule has 0 fully saturated rings. The van der Waals surface area contributed by atoms with E-state index in [0.29, 0.717) is 0 Å². The van der Waals surface area contributed by atoms with Crippen molar-refractivity contribution in [2.75, 3.05) is 0 Å². The van der Waals surface area contributed by atoms with E-state index in [1.807, 2.05) is 11.3 Å². The molecule has 3 aromatic carbocycles. The fourth-order valence-corrected chi connectivity index (χ4v) is 4.33. The van der Waals surface area contributed by atoms with Gasteiger partial charge in [0.05, 0.1) is 11.0 Å². The molecule has 0 radical (unpaired) electrons. The number of thiophene rings is 1. The van der Waals surface area contributed by atoms with E-state index in [0.717, 1.165) is 0 Å². The van der Waals surface area contributed by atoms with E-state index in [2.05, 4.69) is 83.4 Å². The highest BCUT2D eigenvalue weighted by molar-refractivity contribution is 7.21. The van der Waals surface area contributed by atoms with Crippen molar-refractivity contribution < 1.29 is 0 Å². The third kappa shape index (κ3) is 1.59. The van der Waals surface area contributed by atoms with Gasteiger partial charge >= 0.3 is 0 Å². The van der Waals surface area contributed by atoms with Crippen molar-refractivity contribution in [3.05, 3.63) is 78.9 Å². The van der Waals surface area contributed by atoms with Crippen LogP contribution in [-0.4, -0.2) is 4.57 Å². The first-order chi connectivity index (χ1) is 10.9. The highest BCUT2D eigenvalue weighted by Crippen LogP contribution is 2.36. The lowest BCUT2D eigenvalue weighted by Gasteiger charge is -2.03. The number of aromatic nitrogens is 1. The van der Waals surface area contributed by atoms with Crippen LogP contribution >= 0.6 is 11.3 Å². The minimum Gasteiger partial charge on any atom is -0.301 e. The van der Waals surface area contributed by atoms with Crippen LogP contribution in [0.3, 0.4) is 0 Å². The summed E-state index contributed by atoms with van der Waals surface area (Å²) in [4.78, 5) is 0. The molecule has 22 heavy (non-hydrogen) atoms. The number of rotatable bonds is 1. The molecule has 0 aliphatic heterocycles. The molecule has 0 saturated heterocycles. The summed E-state index contributed by atoms with van der Waals surface area (Å²) in [6, 6.07) is 28.2. The lowest BCUT2D eigenvalue weighted by atomic mass is 10.2. The van der Waals surface area contributed by atoms with Crippen LogP contribution in [0.5, 0.6) is 0 Å². The Morgan fingerprint density at radius 3 is 1.91 bits per heavy atom. The normalized spacial score (nSPS) is 11.6. The molecule has 2 heteroatoms. The largest absolute Gasteiger partial charge is 0.301 e. The maximum Gasteiger partial charge on any atom is 0.101 e. The van der Waals surface area contributed by atoms with Gasteiger partial charge in [-0.25, -0.2) is 0 Å². The van der Waals surface area contributed by atoms with Gasteiger partial charge in [0, 0.05) is 15.5 Å². The van der Waals surface area contributed by atoms with E-state index in [1.165, 1.54) is 36.9 Å². The first-order valence-electron chi connectivity index (χ1n) is 7.39. The first kappa shape index (κ1) is 12.0. The SMILES string of the molecule is c1ccc2sc(-n3c4ccccc4c4ccccc43)cc2c1. The van der Waals surface area contributed by atoms with Crippen LogP contribution in [-0.2, 0) is 0 Å². The van der Waals surface area contributed by atoms with Crippen molar-refractivity contribution >= 4 is 43.2 Å². The van der Waals surface area contributed by atoms with Crippen molar-refractivity contribution in [2.45, 2.75) is 0 Å². The Balaban J connectivity index is 1.96. The third-order valence-corrected chi connectivity index (χ3v) is 5.31. The van der Waals surface area contributed by atoms with Crippen LogP contribution < -0.4 is 0 Å². The average Bonchev–Trinajstić information content (AvgIpc) is 3.13. The smallest absolute Gasteiger partial charge is 0.101 e. The molecule has 0 spiro atoms. The van der Waals surface area contributed by atoms with Crippen molar-refractivity contribution in [1.29, 1.82) is 0 Å². The molecule has 2 heterocycles. The molecular weight excluding hydrogens is 286 g/mol. The molecule has 0 unspecified atom stereocenters. The minimum atomic E-state index is 1.27. The monoisotopic (exact) mass is 299 g/mol. The van der Waals surface area contributed by atoms with Crippen LogP contribution in [0.1, 0.15) is 0 Å². The zero-order valence-corrected chi connectivity index (χ0v) is 12.7. The molecule has 0 saturated carbocycles. The summed E-state index contributed by atoms with van der Waals surface area (Å²) < 4.78 is 3.72. The second kappa shape index (κ2) is 4.46. The van der Waals surface area contributed by atoms with E-state index in [9.17, 15) is 0 Å². The lowest BCUT2D eigenvalue weighted by Crippen LogP contribution is -1.89. The van der Waals surface area contributed by atoms with Crippen LogP contribution in [0.15, 0.2) is 78.9 Å². The molecule has 1 nitrogen and oxygen atoms in total. The van der Waals surface area contributed by atoms with Crippen LogP contribution in [0.25, 0.3) is 36.9 Å². The zero-order chi connectivity index (χ0) is 14.5. The zero-order valence-electron chi connectivity index (χ0n) is 11.9. The van der Waals surface area contributed by atoms with Gasteiger partial charge in [0.15, 0.2) is 0 Å². The number of fused-ring (bicyclic) bond motifs is 4. The Bertz CT molecular complexity index is 1040. The van der Waals surface area contributed by atoms with Crippen LogP contribution in [0, 0.1) is 0 Å². The molecule has 0 amide bonds. The van der Waals surface area contributed by atoms with Crippen molar-refractivity contribution in [2.24, 2.45) is 0 Å². The van der Waals surface area contributed by atoms with Crippen molar-refractivity contribution in [1.82, 2.24) is 4.57 Å². The molecule has 104 valence electrons. The summed E-state index contributed by atoms with van der Waals surface area (Å²) in [5.41, 5.74) is 2.55. The maximum absolute atomic E-state index is 2.38. The topological polar surface area (TPSA) is 4.93 Å². The number of para-hydroxylation sites is 2. The quantitative estimate of drug-likeness (QED) is 0.358. The standard InChI is InChI=1S/C20H13NS/c1-6-12-19-14(7-1)13-20(22-19)21-17-10-4-2-8-15(17)16-9-3-5-11-18(16)21/h1-13H. The number of nitrogens with zero attached hydrogens (tertiary/aromatic N) is 1. The minimum absolute atomic E-state index is 1.27. The summed E-state index contributed by atoms with van der Waals surface area (Å²) in [7, 11) is 0. The van der Waals surface area contributed by atoms with E-state index in [4.69, 9.17) is 0 Å². The Morgan fingerprint density at radius 1 is 0.636 bits per heavy atom. The molecule has 0 bridgehead atoms. The molecule has 0 aliphatic carbocycles. The van der Waals surface area contributed by atoms with Gasteiger partial charge in [-0.15, -0.1) is 11.3 Å². The van der Waals surface area contributed by atoms with Gasteiger partial charge in [-0.05, 0) is 29.7 Å². The number of hydrogen-bond acceptors (Lipinski definition) is 1. The fraction of sp³-hybridized carbons (Fsp3) is 0. The molecule has 5 rings (SSSR count). The summed E-state index contributed by atoms with van der Waals surface area (Å²) in [5, 5.41) is 5.22. The Kier molecular flexibility index (Phi) is 2.43. The fourth-order valence-electron chi connectivity index (χ4n) is 3.24. The van der Waals surface area contributed by atoms with E-state index >= 15 is 0 Å². The van der Waals surface area contributed by atoms with Gasteiger partial charge in [-0.2, -0.15) is 0 Å². The van der Waals surface area contributed by atoms with Gasteiger partial charge in [0.2, 0.25) is 0 Å². The predicted octanol–water partition coefficient (Wildman–Crippen LogP) is 6.00. The molecule has 0 N–H and O–H groups in total. The maximum atomic E-state index is 2.38. The second-order valence-corrected chi connectivity index (χ2v) is 6.55. The Morgan fingerprint density at radius 2 is 1.23 bits per heavy atom. The van der Waals surface area contributed by atoms with E-state index < -0.39 is 0 Å². The van der Waals surface area contributed by atoms with Gasteiger partial charge in [-0.3, -0.25) is 0 Å². The van der Waals surface area contributed by atoms with Gasteiger partial charge in [-0.1, -0.05) is 54.6 Å². The van der Waals surface area contributed by atoms with Crippen LogP contribution in [0.4, 0.5) is 0 Å². The first-order valence-corrected chi connectivity index (χ1v) is 8.20. The van der Waals surface area contributed by atoms with Crippen molar-refractivity contribution in [3.63, 3.8) is 0 Å². The third-order valence-electron chi connectivity index (χ3n) is 4.21. The molecular formula is C20H13NS. The van der Waals surface area contributed by atoms with E-state index in [1.54, 1.807) is 0 Å². The van der Waals surface area contributed by atoms with Crippen molar-refractivity contribution in [3.8, 4) is 5.00 Å². The highest BCUT2D eigenvalue weighted by atomic mass is 32.1. The summed E-state index contributed by atoms with van der Waals surface area (Å²) in [6.45, 7) is 0. The molecule has 0 aliphatic rings. The van der Waals surface area contributed by atoms with Crippen LogP contribution in [0.2, 0.25) is 0 Å². The number of benzene rings is 3. The van der Waals surface area contributed by atoms with Gasteiger partial charge in [0.25, 0.3) is 0 Å². The average molecular weight is 299 g/mol. The van der Waals surface area contributed by atoms with E-state index in [-0.39, 0.29) is 0 Å².